The third kappa shape index (κ3) is 4.34. The smallest absolute Gasteiger partial charge is 0.317 e. The van der Waals surface area contributed by atoms with E-state index in [0.717, 1.165) is 0 Å². The number of benzene rings is 1. The van der Waals surface area contributed by atoms with Crippen molar-refractivity contribution in [2.24, 2.45) is 0 Å². The van der Waals surface area contributed by atoms with Crippen LogP contribution >= 0.6 is 0 Å². The van der Waals surface area contributed by atoms with Gasteiger partial charge in [-0.15, -0.1) is 0 Å². The molecule has 1 aromatic carbocycles. The van der Waals surface area contributed by atoms with E-state index in [0.29, 0.717) is 25.1 Å². The number of hydrogen-bond donors (Lipinski definition) is 2. The number of carboxylic acid groups (broad SMARTS) is 1. The number of carboxylic acids is 1. The highest BCUT2D eigenvalue weighted by Crippen LogP contribution is 2.26. The lowest BCUT2D eigenvalue weighted by Crippen LogP contribution is -2.54. The van der Waals surface area contributed by atoms with Crippen molar-refractivity contribution in [2.45, 2.75) is 31.8 Å². The Balaban J connectivity index is 1.55. The Morgan fingerprint density at radius 2 is 2.00 bits per heavy atom. The summed E-state index contributed by atoms with van der Waals surface area (Å²) < 4.78 is 1.48. The Hall–Kier alpha value is -3.27. The van der Waals surface area contributed by atoms with Crippen LogP contribution in [0.5, 0.6) is 0 Å². The van der Waals surface area contributed by atoms with Crippen molar-refractivity contribution in [1.82, 2.24) is 20.0 Å². The molecular weight excluding hydrogens is 366 g/mol. The summed E-state index contributed by atoms with van der Waals surface area (Å²) in [6, 6.07) is 7.60. The third-order valence-corrected chi connectivity index (χ3v) is 4.86. The summed E-state index contributed by atoms with van der Waals surface area (Å²) in [5.41, 5.74) is 0.845. The lowest BCUT2D eigenvalue weighted by atomic mass is 9.85. The van der Waals surface area contributed by atoms with Gasteiger partial charge in [-0.1, -0.05) is 6.92 Å². The van der Waals surface area contributed by atoms with Crippen LogP contribution in [0.4, 0.5) is 5.69 Å². The number of rotatable bonds is 8. The maximum atomic E-state index is 12.4. The summed E-state index contributed by atoms with van der Waals surface area (Å²) in [6.07, 6.45) is 3.02. The van der Waals surface area contributed by atoms with Crippen molar-refractivity contribution in [3.05, 3.63) is 52.3 Å². The molecule has 1 aliphatic carbocycles. The molecule has 1 saturated carbocycles. The summed E-state index contributed by atoms with van der Waals surface area (Å²) in [5.74, 6) is -1.16. The van der Waals surface area contributed by atoms with E-state index in [1.165, 1.54) is 16.8 Å². The van der Waals surface area contributed by atoms with E-state index in [4.69, 9.17) is 5.11 Å². The largest absolute Gasteiger partial charge is 0.480 e. The minimum absolute atomic E-state index is 0.00146. The monoisotopic (exact) mass is 387 g/mol. The number of likely N-dealkylation sites (N-methyl/N-ethyl adjacent to an activating group) is 1. The fourth-order valence-electron chi connectivity index (χ4n) is 3.25. The molecule has 148 valence electrons. The quantitative estimate of drug-likeness (QED) is 0.518. The van der Waals surface area contributed by atoms with Crippen LogP contribution in [0.1, 0.15) is 30.3 Å². The van der Waals surface area contributed by atoms with Crippen LogP contribution in [0.2, 0.25) is 0 Å². The first-order valence-electron chi connectivity index (χ1n) is 8.94. The van der Waals surface area contributed by atoms with E-state index >= 15 is 0 Å². The predicted octanol–water partition coefficient (Wildman–Crippen LogP) is 1.45. The first-order valence-corrected chi connectivity index (χ1v) is 8.94. The molecular formula is C18H21N5O5. The lowest BCUT2D eigenvalue weighted by molar-refractivity contribution is -0.384. The van der Waals surface area contributed by atoms with Crippen LogP contribution in [-0.2, 0) is 4.79 Å². The van der Waals surface area contributed by atoms with E-state index in [2.05, 4.69) is 10.4 Å². The second kappa shape index (κ2) is 8.17. The van der Waals surface area contributed by atoms with Gasteiger partial charge in [0.2, 0.25) is 0 Å². The maximum absolute atomic E-state index is 12.4. The molecule has 0 unspecified atom stereocenters. The van der Waals surface area contributed by atoms with Crippen molar-refractivity contribution < 1.29 is 19.6 Å². The van der Waals surface area contributed by atoms with Crippen molar-refractivity contribution in [3.63, 3.8) is 0 Å². The zero-order valence-corrected chi connectivity index (χ0v) is 15.3. The molecule has 0 saturated heterocycles. The second-order valence-electron chi connectivity index (χ2n) is 6.67. The van der Waals surface area contributed by atoms with E-state index in [1.807, 2.05) is 11.8 Å². The van der Waals surface area contributed by atoms with E-state index in [9.17, 15) is 19.7 Å². The standard InChI is InChI=1S/C18H21N5O5/c1-2-21(11-17(24)25)15-9-12(10-15)19-18(26)16-7-8-22(20-16)13-3-5-14(6-4-13)23(27)28/h3-8,12,15H,2,9-11H2,1H3,(H,19,26)(H,24,25). The van der Waals surface area contributed by atoms with Gasteiger partial charge >= 0.3 is 5.97 Å². The number of nitro benzene ring substituents is 1. The zero-order chi connectivity index (χ0) is 20.3. The van der Waals surface area contributed by atoms with Crippen molar-refractivity contribution in [2.75, 3.05) is 13.1 Å². The molecule has 1 heterocycles. The van der Waals surface area contributed by atoms with Gasteiger partial charge in [-0.05, 0) is 37.6 Å². The fraction of sp³-hybridized carbons (Fsp3) is 0.389. The zero-order valence-electron chi connectivity index (χ0n) is 15.3. The van der Waals surface area contributed by atoms with Crippen molar-refractivity contribution in [3.8, 4) is 5.69 Å². The fourth-order valence-corrected chi connectivity index (χ4v) is 3.25. The molecule has 10 nitrogen and oxygen atoms in total. The highest BCUT2D eigenvalue weighted by molar-refractivity contribution is 5.92. The molecule has 2 aromatic rings. The van der Waals surface area contributed by atoms with Crippen LogP contribution < -0.4 is 5.32 Å². The molecule has 1 aliphatic rings. The van der Waals surface area contributed by atoms with Crippen LogP contribution in [0.25, 0.3) is 5.69 Å². The van der Waals surface area contributed by atoms with Crippen LogP contribution in [0.3, 0.4) is 0 Å². The van der Waals surface area contributed by atoms with Gasteiger partial charge in [-0.25, -0.2) is 4.68 Å². The van der Waals surface area contributed by atoms with E-state index in [1.54, 1.807) is 24.4 Å². The average molecular weight is 387 g/mol. The molecule has 0 atom stereocenters. The predicted molar refractivity (Wildman–Crippen MR) is 99.4 cm³/mol. The lowest BCUT2D eigenvalue weighted by Gasteiger charge is -2.42. The number of aliphatic carboxylic acids is 1. The summed E-state index contributed by atoms with van der Waals surface area (Å²) in [5, 5.41) is 26.8. The Labute approximate surface area is 160 Å². The van der Waals surface area contributed by atoms with Gasteiger partial charge in [0, 0.05) is 30.4 Å². The van der Waals surface area contributed by atoms with Gasteiger partial charge < -0.3 is 10.4 Å². The summed E-state index contributed by atoms with van der Waals surface area (Å²) >= 11 is 0. The van der Waals surface area contributed by atoms with Gasteiger partial charge in [-0.3, -0.25) is 24.6 Å². The molecule has 10 heteroatoms. The molecule has 0 spiro atoms. The number of hydrogen-bond acceptors (Lipinski definition) is 6. The van der Waals surface area contributed by atoms with Crippen molar-refractivity contribution in [1.29, 1.82) is 0 Å². The number of carbonyl (C=O) groups excluding carboxylic acids is 1. The third-order valence-electron chi connectivity index (χ3n) is 4.86. The van der Waals surface area contributed by atoms with Crippen LogP contribution in [0.15, 0.2) is 36.5 Å². The number of nitro groups is 1. The molecule has 1 amide bonds. The average Bonchev–Trinajstić information content (AvgIpc) is 3.12. The molecule has 0 radical (unpaired) electrons. The Bertz CT molecular complexity index is 873. The number of non-ortho nitro benzene ring substituents is 1. The second-order valence-corrected chi connectivity index (χ2v) is 6.67. The van der Waals surface area contributed by atoms with Gasteiger partial charge in [0.25, 0.3) is 11.6 Å². The molecule has 2 N–H and O–H groups in total. The molecule has 3 rings (SSSR count). The number of amides is 1. The summed E-state index contributed by atoms with van der Waals surface area (Å²) in [7, 11) is 0. The van der Waals surface area contributed by atoms with Gasteiger partial charge in [0.05, 0.1) is 17.2 Å². The highest BCUT2D eigenvalue weighted by Gasteiger charge is 2.35. The van der Waals surface area contributed by atoms with Gasteiger partial charge in [0.15, 0.2) is 5.69 Å². The first kappa shape index (κ1) is 19.5. The highest BCUT2D eigenvalue weighted by atomic mass is 16.6. The molecule has 0 aliphatic heterocycles. The summed E-state index contributed by atoms with van der Waals surface area (Å²) in [6.45, 7) is 2.57. The van der Waals surface area contributed by atoms with Crippen LogP contribution in [-0.4, -0.2) is 61.8 Å². The molecule has 28 heavy (non-hydrogen) atoms. The topological polar surface area (TPSA) is 131 Å². The first-order chi connectivity index (χ1) is 13.4. The van der Waals surface area contributed by atoms with Crippen molar-refractivity contribution >= 4 is 17.6 Å². The van der Waals surface area contributed by atoms with Gasteiger partial charge in [0.1, 0.15) is 0 Å². The Morgan fingerprint density at radius 3 is 2.57 bits per heavy atom. The van der Waals surface area contributed by atoms with E-state index in [-0.39, 0.29) is 35.9 Å². The Kier molecular flexibility index (Phi) is 5.69. The number of aromatic nitrogens is 2. The normalized spacial score (nSPS) is 18.5. The summed E-state index contributed by atoms with van der Waals surface area (Å²) in [4.78, 5) is 35.4. The molecule has 1 fully saturated rings. The SMILES string of the molecule is CCN(CC(=O)O)C1CC(NC(=O)c2ccn(-c3ccc([N+](=O)[O-])cc3)n2)C1. The number of carbonyl (C=O) groups is 2. The van der Waals surface area contributed by atoms with E-state index < -0.39 is 10.9 Å². The minimum atomic E-state index is -0.855. The van der Waals surface area contributed by atoms with Crippen LogP contribution in [0, 0.1) is 10.1 Å². The minimum Gasteiger partial charge on any atom is -0.480 e. The Morgan fingerprint density at radius 1 is 1.32 bits per heavy atom. The number of nitrogens with zero attached hydrogens (tertiary/aromatic N) is 4. The number of nitrogens with one attached hydrogen (secondary N) is 1. The molecule has 0 bridgehead atoms. The maximum Gasteiger partial charge on any atom is 0.317 e. The molecule has 1 aromatic heterocycles. The van der Waals surface area contributed by atoms with Gasteiger partial charge in [-0.2, -0.15) is 5.10 Å².